The molecule has 1 aromatic heterocycles. The van der Waals surface area contributed by atoms with Crippen molar-refractivity contribution in [2.24, 2.45) is 0 Å². The third kappa shape index (κ3) is 5.19. The molecule has 0 saturated heterocycles. The van der Waals surface area contributed by atoms with Gasteiger partial charge in [-0.05, 0) is 31.0 Å². The van der Waals surface area contributed by atoms with E-state index < -0.39 is 0 Å². The quantitative estimate of drug-likeness (QED) is 0.452. The molecule has 6 heteroatoms. The van der Waals surface area contributed by atoms with Crippen molar-refractivity contribution in [3.8, 4) is 5.69 Å². The maximum atomic E-state index is 8.81. The SMILES string of the molecule is Cc1ccc(-n2c(Cc3ccccc3)nnc2SCCOCCO)c(C)c1. The first-order valence-electron chi connectivity index (χ1n) is 9.06. The van der Waals surface area contributed by atoms with Gasteiger partial charge in [-0.15, -0.1) is 10.2 Å². The third-order valence-electron chi connectivity index (χ3n) is 4.19. The lowest BCUT2D eigenvalue weighted by Gasteiger charge is -2.13. The molecule has 0 saturated carbocycles. The summed E-state index contributed by atoms with van der Waals surface area (Å²) in [6.07, 6.45) is 0.725. The van der Waals surface area contributed by atoms with Crippen LogP contribution in [0.25, 0.3) is 5.69 Å². The van der Waals surface area contributed by atoms with E-state index in [0.29, 0.717) is 13.2 Å². The van der Waals surface area contributed by atoms with Crippen LogP contribution >= 0.6 is 11.8 Å². The first-order valence-corrected chi connectivity index (χ1v) is 10.0. The van der Waals surface area contributed by atoms with Crippen LogP contribution in [0, 0.1) is 13.8 Å². The third-order valence-corrected chi connectivity index (χ3v) is 5.09. The summed E-state index contributed by atoms with van der Waals surface area (Å²) in [4.78, 5) is 0. The van der Waals surface area contributed by atoms with E-state index in [2.05, 4.69) is 58.9 Å². The number of ether oxygens (including phenoxy) is 1. The van der Waals surface area contributed by atoms with Crippen LogP contribution in [-0.4, -0.2) is 45.4 Å². The van der Waals surface area contributed by atoms with Crippen LogP contribution in [0.4, 0.5) is 0 Å². The molecule has 0 fully saturated rings. The zero-order valence-corrected chi connectivity index (χ0v) is 16.6. The molecule has 0 aliphatic heterocycles. The van der Waals surface area contributed by atoms with Crippen molar-refractivity contribution >= 4 is 11.8 Å². The van der Waals surface area contributed by atoms with Gasteiger partial charge in [0.25, 0.3) is 0 Å². The summed E-state index contributed by atoms with van der Waals surface area (Å²) in [5, 5.41) is 18.6. The van der Waals surface area contributed by atoms with Gasteiger partial charge in [-0.1, -0.05) is 59.8 Å². The molecule has 0 amide bonds. The molecular weight excluding hydrogens is 358 g/mol. The molecule has 0 atom stereocenters. The molecule has 0 aliphatic carbocycles. The highest BCUT2D eigenvalue weighted by atomic mass is 32.2. The second kappa shape index (κ2) is 9.69. The average molecular weight is 384 g/mol. The normalized spacial score (nSPS) is 11.1. The standard InChI is InChI=1S/C21H25N3O2S/c1-16-8-9-19(17(2)14-16)24-20(15-18-6-4-3-5-7-18)22-23-21(24)27-13-12-26-11-10-25/h3-9,14,25H,10-13,15H2,1-2H3. The van der Waals surface area contributed by atoms with Crippen LogP contribution in [0.3, 0.4) is 0 Å². The van der Waals surface area contributed by atoms with Gasteiger partial charge in [0.05, 0.1) is 25.5 Å². The maximum Gasteiger partial charge on any atom is 0.195 e. The number of hydrogen-bond donors (Lipinski definition) is 1. The molecule has 0 unspecified atom stereocenters. The highest BCUT2D eigenvalue weighted by molar-refractivity contribution is 7.99. The number of hydrogen-bond acceptors (Lipinski definition) is 5. The van der Waals surface area contributed by atoms with Gasteiger partial charge in [0, 0.05) is 12.2 Å². The lowest BCUT2D eigenvalue weighted by atomic mass is 10.1. The molecule has 1 N–H and O–H groups in total. The molecule has 0 radical (unpaired) electrons. The second-order valence-corrected chi connectivity index (χ2v) is 7.43. The zero-order chi connectivity index (χ0) is 19.1. The Labute approximate surface area is 164 Å². The Bertz CT molecular complexity index is 865. The summed E-state index contributed by atoms with van der Waals surface area (Å²) in [7, 11) is 0. The first kappa shape index (κ1) is 19.6. The number of aliphatic hydroxyl groups is 1. The van der Waals surface area contributed by atoms with E-state index in [-0.39, 0.29) is 6.61 Å². The van der Waals surface area contributed by atoms with Gasteiger partial charge in [0.15, 0.2) is 5.16 Å². The molecule has 0 bridgehead atoms. The number of rotatable bonds is 9. The topological polar surface area (TPSA) is 60.2 Å². The molecule has 142 valence electrons. The zero-order valence-electron chi connectivity index (χ0n) is 15.8. The number of aromatic nitrogens is 3. The highest BCUT2D eigenvalue weighted by Crippen LogP contribution is 2.26. The van der Waals surface area contributed by atoms with Crippen molar-refractivity contribution in [1.82, 2.24) is 14.8 Å². The van der Waals surface area contributed by atoms with Gasteiger partial charge in [-0.25, -0.2) is 0 Å². The number of benzene rings is 2. The lowest BCUT2D eigenvalue weighted by molar-refractivity contribution is 0.103. The van der Waals surface area contributed by atoms with Gasteiger partial charge in [-0.2, -0.15) is 0 Å². The van der Waals surface area contributed by atoms with Crippen LogP contribution in [-0.2, 0) is 11.2 Å². The summed E-state index contributed by atoms with van der Waals surface area (Å²) < 4.78 is 7.52. The summed E-state index contributed by atoms with van der Waals surface area (Å²) >= 11 is 1.62. The van der Waals surface area contributed by atoms with Crippen LogP contribution < -0.4 is 0 Å². The minimum atomic E-state index is 0.0463. The maximum absolute atomic E-state index is 8.81. The van der Waals surface area contributed by atoms with Crippen molar-refractivity contribution in [2.45, 2.75) is 25.4 Å². The number of aryl methyl sites for hydroxylation is 2. The van der Waals surface area contributed by atoms with E-state index in [4.69, 9.17) is 9.84 Å². The second-order valence-electron chi connectivity index (χ2n) is 6.37. The fourth-order valence-electron chi connectivity index (χ4n) is 2.94. The van der Waals surface area contributed by atoms with Crippen molar-refractivity contribution in [2.75, 3.05) is 25.6 Å². The molecule has 2 aromatic carbocycles. The van der Waals surface area contributed by atoms with Crippen molar-refractivity contribution in [3.63, 3.8) is 0 Å². The van der Waals surface area contributed by atoms with E-state index >= 15 is 0 Å². The van der Waals surface area contributed by atoms with Crippen molar-refractivity contribution in [3.05, 3.63) is 71.0 Å². The van der Waals surface area contributed by atoms with E-state index in [1.165, 1.54) is 16.7 Å². The van der Waals surface area contributed by atoms with Crippen molar-refractivity contribution < 1.29 is 9.84 Å². The van der Waals surface area contributed by atoms with Gasteiger partial charge >= 0.3 is 0 Å². The van der Waals surface area contributed by atoms with Crippen molar-refractivity contribution in [1.29, 1.82) is 0 Å². The van der Waals surface area contributed by atoms with Gasteiger partial charge in [0.2, 0.25) is 0 Å². The number of aliphatic hydroxyl groups excluding tert-OH is 1. The molecule has 1 heterocycles. The van der Waals surface area contributed by atoms with E-state index in [9.17, 15) is 0 Å². The molecule has 5 nitrogen and oxygen atoms in total. The van der Waals surface area contributed by atoms with Crippen LogP contribution in [0.5, 0.6) is 0 Å². The molecule has 3 rings (SSSR count). The molecule has 27 heavy (non-hydrogen) atoms. The predicted octanol–water partition coefficient (Wildman–Crippen LogP) is 3.58. The molecular formula is C21H25N3O2S. The summed E-state index contributed by atoms with van der Waals surface area (Å²) in [6.45, 7) is 5.20. The molecule has 3 aromatic rings. The lowest BCUT2D eigenvalue weighted by Crippen LogP contribution is -2.07. The Balaban J connectivity index is 1.89. The Morgan fingerprint density at radius 3 is 2.59 bits per heavy atom. The fourth-order valence-corrected chi connectivity index (χ4v) is 3.76. The monoisotopic (exact) mass is 383 g/mol. The Morgan fingerprint density at radius 1 is 1.04 bits per heavy atom. The first-order chi connectivity index (χ1) is 13.2. The summed E-state index contributed by atoms with van der Waals surface area (Å²) in [6, 6.07) is 16.8. The summed E-state index contributed by atoms with van der Waals surface area (Å²) in [5.74, 6) is 1.68. The van der Waals surface area contributed by atoms with Gasteiger partial charge < -0.3 is 9.84 Å². The molecule has 0 spiro atoms. The van der Waals surface area contributed by atoms with E-state index in [1.807, 2.05) is 18.2 Å². The Kier molecular flexibility index (Phi) is 7.04. The largest absolute Gasteiger partial charge is 0.394 e. The van der Waals surface area contributed by atoms with Gasteiger partial charge in [0.1, 0.15) is 5.82 Å². The van der Waals surface area contributed by atoms with Crippen LogP contribution in [0.2, 0.25) is 0 Å². The fraction of sp³-hybridized carbons (Fsp3) is 0.333. The number of nitrogens with zero attached hydrogens (tertiary/aromatic N) is 3. The Hall–Kier alpha value is -2.15. The number of thioether (sulfide) groups is 1. The predicted molar refractivity (Wildman–Crippen MR) is 109 cm³/mol. The molecule has 0 aliphatic rings. The average Bonchev–Trinajstić information content (AvgIpc) is 3.05. The summed E-state index contributed by atoms with van der Waals surface area (Å²) in [5.41, 5.74) is 4.75. The van der Waals surface area contributed by atoms with Gasteiger partial charge in [-0.3, -0.25) is 4.57 Å². The minimum Gasteiger partial charge on any atom is -0.394 e. The van der Waals surface area contributed by atoms with Crippen LogP contribution in [0.15, 0.2) is 53.7 Å². The van der Waals surface area contributed by atoms with Crippen LogP contribution in [0.1, 0.15) is 22.5 Å². The van der Waals surface area contributed by atoms with E-state index in [1.54, 1.807) is 11.8 Å². The Morgan fingerprint density at radius 2 is 1.85 bits per heavy atom. The highest BCUT2D eigenvalue weighted by Gasteiger charge is 2.16. The minimum absolute atomic E-state index is 0.0463. The van der Waals surface area contributed by atoms with E-state index in [0.717, 1.165) is 28.8 Å². The smallest absolute Gasteiger partial charge is 0.195 e.